The minimum absolute atomic E-state index is 0.134. The van der Waals surface area contributed by atoms with Gasteiger partial charge >= 0.3 is 5.69 Å². The molecule has 7 nitrogen and oxygen atoms in total. The normalized spacial score (nSPS) is 19.4. The van der Waals surface area contributed by atoms with E-state index in [-0.39, 0.29) is 11.1 Å². The molecule has 1 aliphatic heterocycles. The molecule has 0 aromatic carbocycles. The van der Waals surface area contributed by atoms with Crippen molar-refractivity contribution < 1.29 is 0 Å². The second-order valence-electron chi connectivity index (χ2n) is 8.11. The monoisotopic (exact) mass is 346 g/mol. The van der Waals surface area contributed by atoms with Crippen LogP contribution in [-0.2, 0) is 5.41 Å². The van der Waals surface area contributed by atoms with Gasteiger partial charge in [-0.25, -0.2) is 19.3 Å². The maximum atomic E-state index is 12.0. The zero-order valence-corrected chi connectivity index (χ0v) is 15.8. The largest absolute Gasteiger partial charge is 0.367 e. The van der Waals surface area contributed by atoms with Crippen LogP contribution in [0.5, 0.6) is 0 Å². The lowest BCUT2D eigenvalue weighted by molar-refractivity contribution is 0.160. The molecule has 2 N–H and O–H groups in total. The Kier molecular flexibility index (Phi) is 5.13. The molecular weight excluding hydrogens is 316 g/mol. The Morgan fingerprint density at radius 2 is 2.16 bits per heavy atom. The number of aromatic nitrogens is 4. The summed E-state index contributed by atoms with van der Waals surface area (Å²) in [5.74, 6) is 0.678. The Labute approximate surface area is 148 Å². The molecule has 0 spiro atoms. The summed E-state index contributed by atoms with van der Waals surface area (Å²) in [4.78, 5) is 19.3. The van der Waals surface area contributed by atoms with Crippen molar-refractivity contribution in [2.75, 3.05) is 25.0 Å². The number of hydrogen-bond acceptors (Lipinski definition) is 5. The quantitative estimate of drug-likeness (QED) is 0.813. The summed E-state index contributed by atoms with van der Waals surface area (Å²) >= 11 is 0. The van der Waals surface area contributed by atoms with Gasteiger partial charge in [-0.1, -0.05) is 27.2 Å². The Balaban J connectivity index is 1.69. The van der Waals surface area contributed by atoms with Crippen molar-refractivity contribution in [3.63, 3.8) is 0 Å². The molecule has 138 valence electrons. The van der Waals surface area contributed by atoms with Crippen LogP contribution in [0.15, 0.2) is 11.0 Å². The molecule has 0 aliphatic carbocycles. The molecule has 0 bridgehead atoms. The third kappa shape index (κ3) is 4.03. The van der Waals surface area contributed by atoms with Crippen molar-refractivity contribution in [1.29, 1.82) is 0 Å². The van der Waals surface area contributed by atoms with Crippen molar-refractivity contribution in [1.82, 2.24) is 24.5 Å². The fraction of sp³-hybridized carbons (Fsp3) is 0.722. The molecule has 0 radical (unpaired) electrons. The molecule has 1 aliphatic rings. The zero-order valence-electron chi connectivity index (χ0n) is 15.8. The van der Waals surface area contributed by atoms with Crippen LogP contribution < -0.4 is 11.0 Å². The summed E-state index contributed by atoms with van der Waals surface area (Å²) in [6.07, 6.45) is 6.79. The fourth-order valence-electron chi connectivity index (χ4n) is 3.37. The third-order valence-electron chi connectivity index (χ3n) is 5.02. The van der Waals surface area contributed by atoms with Gasteiger partial charge in [-0.15, -0.1) is 5.10 Å². The molecule has 25 heavy (non-hydrogen) atoms. The van der Waals surface area contributed by atoms with Crippen LogP contribution in [0.2, 0.25) is 0 Å². The average molecular weight is 346 g/mol. The van der Waals surface area contributed by atoms with E-state index in [0.29, 0.717) is 17.5 Å². The number of piperidine rings is 1. The standard InChI is InChI=1S/C18H30N6O/c1-13-8-5-6-10-23(13)11-7-9-19-15-16-21-22-17(25)24(16)12-14(20-15)18(2,3)4/h12-13H,5-11H2,1-4H3,(H,19,20)(H,22,25). The van der Waals surface area contributed by atoms with E-state index in [9.17, 15) is 4.79 Å². The minimum atomic E-state index is -0.229. The first-order chi connectivity index (χ1) is 11.9. The van der Waals surface area contributed by atoms with Crippen LogP contribution in [0.3, 0.4) is 0 Å². The second kappa shape index (κ2) is 7.15. The van der Waals surface area contributed by atoms with E-state index in [2.05, 4.69) is 48.1 Å². The van der Waals surface area contributed by atoms with Gasteiger partial charge in [0.2, 0.25) is 5.65 Å². The van der Waals surface area contributed by atoms with Gasteiger partial charge in [0, 0.05) is 30.7 Å². The number of nitrogens with zero attached hydrogens (tertiary/aromatic N) is 4. The number of likely N-dealkylation sites (tertiary alicyclic amines) is 1. The highest BCUT2D eigenvalue weighted by molar-refractivity contribution is 5.62. The predicted octanol–water partition coefficient (Wildman–Crippen LogP) is 2.39. The van der Waals surface area contributed by atoms with Crippen LogP contribution in [0.1, 0.15) is 59.1 Å². The summed E-state index contributed by atoms with van der Waals surface area (Å²) in [5.41, 5.74) is 1.07. The third-order valence-corrected chi connectivity index (χ3v) is 5.02. The van der Waals surface area contributed by atoms with Crippen LogP contribution >= 0.6 is 0 Å². The molecule has 3 heterocycles. The number of rotatable bonds is 5. The van der Waals surface area contributed by atoms with E-state index in [4.69, 9.17) is 4.98 Å². The van der Waals surface area contributed by atoms with Crippen LogP contribution in [0.4, 0.5) is 5.82 Å². The van der Waals surface area contributed by atoms with Gasteiger partial charge in [0.1, 0.15) is 0 Å². The van der Waals surface area contributed by atoms with E-state index >= 15 is 0 Å². The summed E-state index contributed by atoms with van der Waals surface area (Å²) in [6, 6.07) is 0.688. The molecule has 1 fully saturated rings. The number of anilines is 1. The van der Waals surface area contributed by atoms with E-state index in [1.54, 1.807) is 10.6 Å². The Hall–Kier alpha value is -1.89. The molecule has 1 atom stereocenters. The first-order valence-corrected chi connectivity index (χ1v) is 9.32. The average Bonchev–Trinajstić information content (AvgIpc) is 2.94. The highest BCUT2D eigenvalue weighted by Crippen LogP contribution is 2.23. The summed E-state index contributed by atoms with van der Waals surface area (Å²) in [6.45, 7) is 11.7. The van der Waals surface area contributed by atoms with Gasteiger partial charge in [0.05, 0.1) is 5.69 Å². The smallest absolute Gasteiger partial charge is 0.347 e. The number of nitrogens with one attached hydrogen (secondary N) is 2. The van der Waals surface area contributed by atoms with Gasteiger partial charge in [-0.05, 0) is 32.7 Å². The van der Waals surface area contributed by atoms with Crippen LogP contribution in [0.25, 0.3) is 5.65 Å². The van der Waals surface area contributed by atoms with Crippen molar-refractivity contribution in [2.24, 2.45) is 0 Å². The zero-order chi connectivity index (χ0) is 18.0. The number of aromatic amines is 1. The number of H-pyrrole nitrogens is 1. The maximum Gasteiger partial charge on any atom is 0.347 e. The van der Waals surface area contributed by atoms with Crippen molar-refractivity contribution in [3.8, 4) is 0 Å². The van der Waals surface area contributed by atoms with Crippen LogP contribution in [-0.4, -0.2) is 50.2 Å². The summed E-state index contributed by atoms with van der Waals surface area (Å²) in [5, 5.41) is 10.0. The summed E-state index contributed by atoms with van der Waals surface area (Å²) in [7, 11) is 0. The van der Waals surface area contributed by atoms with Crippen molar-refractivity contribution >= 4 is 11.5 Å². The molecule has 2 aromatic heterocycles. The molecule has 2 aromatic rings. The van der Waals surface area contributed by atoms with Gasteiger partial charge in [0.15, 0.2) is 5.82 Å². The van der Waals surface area contributed by atoms with Crippen molar-refractivity contribution in [2.45, 2.75) is 64.8 Å². The SMILES string of the molecule is CC1CCCCN1CCCNc1nc(C(C)(C)C)cn2c(=O)[nH]nc12. The maximum absolute atomic E-state index is 12.0. The lowest BCUT2D eigenvalue weighted by atomic mass is 9.93. The fourth-order valence-corrected chi connectivity index (χ4v) is 3.37. The highest BCUT2D eigenvalue weighted by atomic mass is 16.1. The molecule has 0 amide bonds. The van der Waals surface area contributed by atoms with E-state index in [0.717, 1.165) is 25.2 Å². The molecule has 0 saturated carbocycles. The van der Waals surface area contributed by atoms with E-state index < -0.39 is 0 Å². The second-order valence-corrected chi connectivity index (χ2v) is 8.11. The van der Waals surface area contributed by atoms with E-state index in [1.165, 1.54) is 25.8 Å². The highest BCUT2D eigenvalue weighted by Gasteiger charge is 2.20. The number of fused-ring (bicyclic) bond motifs is 1. The van der Waals surface area contributed by atoms with Gasteiger partial charge in [-0.2, -0.15) is 0 Å². The molecular formula is C18H30N6O. The lowest BCUT2D eigenvalue weighted by Crippen LogP contribution is -2.38. The number of hydrogen-bond donors (Lipinski definition) is 2. The first kappa shape index (κ1) is 17.9. The van der Waals surface area contributed by atoms with Crippen LogP contribution in [0, 0.1) is 0 Å². The Morgan fingerprint density at radius 3 is 2.88 bits per heavy atom. The lowest BCUT2D eigenvalue weighted by Gasteiger charge is -2.33. The van der Waals surface area contributed by atoms with Gasteiger partial charge < -0.3 is 10.2 Å². The summed E-state index contributed by atoms with van der Waals surface area (Å²) < 4.78 is 1.54. The Bertz CT molecular complexity index is 772. The van der Waals surface area contributed by atoms with Gasteiger partial charge in [-0.3, -0.25) is 0 Å². The first-order valence-electron chi connectivity index (χ1n) is 9.32. The molecule has 1 saturated heterocycles. The van der Waals surface area contributed by atoms with Gasteiger partial charge in [0.25, 0.3) is 0 Å². The minimum Gasteiger partial charge on any atom is -0.367 e. The molecule has 7 heteroatoms. The van der Waals surface area contributed by atoms with Crippen molar-refractivity contribution in [3.05, 3.63) is 22.4 Å². The predicted molar refractivity (Wildman–Crippen MR) is 100 cm³/mol. The molecule has 3 rings (SSSR count). The Morgan fingerprint density at radius 1 is 1.36 bits per heavy atom. The topological polar surface area (TPSA) is 78.3 Å². The van der Waals surface area contributed by atoms with E-state index in [1.807, 2.05) is 0 Å². The molecule has 1 unspecified atom stereocenters.